The highest BCUT2D eigenvalue weighted by atomic mass is 32.2. The Morgan fingerprint density at radius 1 is 1.03 bits per heavy atom. The van der Waals surface area contributed by atoms with Gasteiger partial charge in [0.1, 0.15) is 9.24 Å². The molecular weight excluding hydrogens is 414 g/mol. The van der Waals surface area contributed by atoms with Crippen LogP contribution in [0.2, 0.25) is 0 Å². The van der Waals surface area contributed by atoms with Crippen molar-refractivity contribution in [1.29, 1.82) is 0 Å². The van der Waals surface area contributed by atoms with Gasteiger partial charge in [0.25, 0.3) is 0 Å². The highest BCUT2D eigenvalue weighted by Gasteiger charge is 2.27. The molecule has 0 bridgehead atoms. The molecule has 11 heteroatoms. The Balaban J connectivity index is 2.07. The number of rotatable bonds is 7. The lowest BCUT2D eigenvalue weighted by Gasteiger charge is -2.09. The van der Waals surface area contributed by atoms with Crippen LogP contribution in [0.1, 0.15) is 46.0 Å². The predicted molar refractivity (Wildman–Crippen MR) is 107 cm³/mol. The minimum absolute atomic E-state index is 0.0540. The van der Waals surface area contributed by atoms with E-state index < -0.39 is 11.9 Å². The molecule has 2 aromatic heterocycles. The van der Waals surface area contributed by atoms with E-state index in [0.717, 1.165) is 40.1 Å². The summed E-state index contributed by atoms with van der Waals surface area (Å²) >= 11 is 2.15. The van der Waals surface area contributed by atoms with E-state index in [4.69, 9.17) is 9.47 Å². The Kier molecular flexibility index (Phi) is 6.60. The molecule has 29 heavy (non-hydrogen) atoms. The summed E-state index contributed by atoms with van der Waals surface area (Å²) in [6, 6.07) is 5.79. The minimum Gasteiger partial charge on any atom is -0.461 e. The van der Waals surface area contributed by atoms with E-state index in [0.29, 0.717) is 9.24 Å². The maximum atomic E-state index is 12.4. The molecule has 0 aliphatic heterocycles. The van der Waals surface area contributed by atoms with Crippen LogP contribution in [0, 0.1) is 13.8 Å². The van der Waals surface area contributed by atoms with Gasteiger partial charge in [-0.25, -0.2) is 14.3 Å². The van der Waals surface area contributed by atoms with Crippen LogP contribution in [-0.2, 0) is 9.47 Å². The normalized spacial score (nSPS) is 10.8. The number of carbonyl (C=O) groups is 2. The third-order valence-electron chi connectivity index (χ3n) is 3.95. The van der Waals surface area contributed by atoms with E-state index in [1.54, 1.807) is 13.8 Å². The first-order chi connectivity index (χ1) is 14.0. The van der Waals surface area contributed by atoms with Gasteiger partial charge in [0.2, 0.25) is 5.69 Å². The van der Waals surface area contributed by atoms with E-state index in [-0.39, 0.29) is 24.6 Å². The van der Waals surface area contributed by atoms with Crippen molar-refractivity contribution in [3.05, 3.63) is 40.7 Å². The summed E-state index contributed by atoms with van der Waals surface area (Å²) in [5.74, 6) is -1.17. The second kappa shape index (κ2) is 9.14. The largest absolute Gasteiger partial charge is 0.461 e. The first-order valence-corrected chi connectivity index (χ1v) is 10.4. The van der Waals surface area contributed by atoms with Gasteiger partial charge in [-0.05, 0) is 62.5 Å². The van der Waals surface area contributed by atoms with Gasteiger partial charge < -0.3 is 9.47 Å². The van der Waals surface area contributed by atoms with Crippen LogP contribution in [-0.4, -0.2) is 49.7 Å². The Bertz CT molecular complexity index is 1050. The number of hydrogen-bond donors (Lipinski definition) is 0. The Morgan fingerprint density at radius 3 is 2.38 bits per heavy atom. The van der Waals surface area contributed by atoms with Gasteiger partial charge in [-0.1, -0.05) is 27.5 Å². The van der Waals surface area contributed by atoms with Gasteiger partial charge in [-0.3, -0.25) is 0 Å². The average molecular weight is 434 g/mol. The van der Waals surface area contributed by atoms with Gasteiger partial charge in [-0.2, -0.15) is 0 Å². The molecule has 3 aromatic rings. The van der Waals surface area contributed by atoms with Crippen molar-refractivity contribution in [2.45, 2.75) is 36.9 Å². The summed E-state index contributed by atoms with van der Waals surface area (Å²) in [5.41, 5.74) is 3.07. The van der Waals surface area contributed by atoms with Crippen molar-refractivity contribution < 1.29 is 19.1 Å². The fraction of sp³-hybridized carbons (Fsp3) is 0.333. The van der Waals surface area contributed by atoms with Gasteiger partial charge in [-0.15, -0.1) is 10.2 Å². The smallest absolute Gasteiger partial charge is 0.361 e. The number of benzene rings is 1. The molecule has 0 unspecified atom stereocenters. The SMILES string of the molecule is CCOC(=O)c1nnsc1Sc1c(C(=O)OCC)nnn1-c1ccc(C)c(C)c1. The average Bonchev–Trinajstić information content (AvgIpc) is 3.32. The summed E-state index contributed by atoms with van der Waals surface area (Å²) < 4.78 is 16.0. The lowest BCUT2D eigenvalue weighted by atomic mass is 10.1. The first kappa shape index (κ1) is 20.9. The quantitative estimate of drug-likeness (QED) is 0.519. The zero-order valence-electron chi connectivity index (χ0n) is 16.3. The molecule has 0 N–H and O–H groups in total. The minimum atomic E-state index is -0.597. The first-order valence-electron chi connectivity index (χ1n) is 8.84. The van der Waals surface area contributed by atoms with Crippen molar-refractivity contribution in [2.24, 2.45) is 0 Å². The van der Waals surface area contributed by atoms with E-state index >= 15 is 0 Å². The van der Waals surface area contributed by atoms with E-state index in [1.165, 1.54) is 4.68 Å². The second-order valence-corrected chi connectivity index (χ2v) is 7.89. The summed E-state index contributed by atoms with van der Waals surface area (Å²) in [5, 5.41) is 12.4. The van der Waals surface area contributed by atoms with Gasteiger partial charge in [0.15, 0.2) is 5.69 Å². The molecular formula is C18H19N5O4S2. The third-order valence-corrected chi connectivity index (χ3v) is 5.88. The standard InChI is InChI=1S/C18H19N5O4S2/c1-5-26-16(24)13-15(28-18-14(20-22-29-18)17(25)27-6-2)23(21-19-13)12-8-7-10(3)11(4)9-12/h7-9H,5-6H2,1-4H3. The number of esters is 2. The van der Waals surface area contributed by atoms with Crippen molar-refractivity contribution >= 4 is 35.2 Å². The van der Waals surface area contributed by atoms with Crippen LogP contribution in [0.25, 0.3) is 5.69 Å². The van der Waals surface area contributed by atoms with Gasteiger partial charge in [0, 0.05) is 0 Å². The van der Waals surface area contributed by atoms with Crippen LogP contribution >= 0.6 is 23.3 Å². The van der Waals surface area contributed by atoms with Crippen molar-refractivity contribution in [1.82, 2.24) is 24.6 Å². The van der Waals surface area contributed by atoms with Crippen molar-refractivity contribution in [3.63, 3.8) is 0 Å². The van der Waals surface area contributed by atoms with E-state index in [1.807, 2.05) is 32.0 Å². The monoisotopic (exact) mass is 433 g/mol. The number of aromatic nitrogens is 5. The van der Waals surface area contributed by atoms with Crippen LogP contribution in [0.4, 0.5) is 0 Å². The molecule has 0 fully saturated rings. The molecule has 0 aliphatic rings. The van der Waals surface area contributed by atoms with Crippen molar-refractivity contribution in [2.75, 3.05) is 13.2 Å². The highest BCUT2D eigenvalue weighted by molar-refractivity contribution is 8.01. The van der Waals surface area contributed by atoms with Gasteiger partial charge >= 0.3 is 11.9 Å². The predicted octanol–water partition coefficient (Wildman–Crippen LogP) is 3.24. The number of ether oxygens (including phenoxy) is 2. The number of nitrogens with zero attached hydrogens (tertiary/aromatic N) is 5. The summed E-state index contributed by atoms with van der Waals surface area (Å²) in [6.45, 7) is 7.84. The maximum Gasteiger partial charge on any atom is 0.361 e. The summed E-state index contributed by atoms with van der Waals surface area (Å²) in [7, 11) is 0. The topological polar surface area (TPSA) is 109 Å². The third kappa shape index (κ3) is 4.46. The molecule has 1 aromatic carbocycles. The number of hydrogen-bond acceptors (Lipinski definition) is 10. The maximum absolute atomic E-state index is 12.4. The number of aryl methyl sites for hydroxylation is 2. The lowest BCUT2D eigenvalue weighted by Crippen LogP contribution is -2.09. The number of carbonyl (C=O) groups excluding carboxylic acids is 2. The molecule has 0 aliphatic carbocycles. The fourth-order valence-corrected chi connectivity index (χ4v) is 4.12. The zero-order chi connectivity index (χ0) is 21.0. The molecule has 9 nitrogen and oxygen atoms in total. The van der Waals surface area contributed by atoms with Crippen LogP contribution in [0.3, 0.4) is 0 Å². The fourth-order valence-electron chi connectivity index (χ4n) is 2.38. The van der Waals surface area contributed by atoms with Crippen LogP contribution < -0.4 is 0 Å². The summed E-state index contributed by atoms with van der Waals surface area (Å²) in [6.07, 6.45) is 0. The van der Waals surface area contributed by atoms with Crippen LogP contribution in [0.5, 0.6) is 0 Å². The Labute approximate surface area is 175 Å². The molecule has 3 rings (SSSR count). The van der Waals surface area contributed by atoms with Crippen molar-refractivity contribution in [3.8, 4) is 5.69 Å². The zero-order valence-corrected chi connectivity index (χ0v) is 18.0. The molecule has 152 valence electrons. The summed E-state index contributed by atoms with van der Waals surface area (Å²) in [4.78, 5) is 24.6. The Hall–Kier alpha value is -2.79. The van der Waals surface area contributed by atoms with Gasteiger partial charge in [0.05, 0.1) is 18.9 Å². The Morgan fingerprint density at radius 2 is 1.72 bits per heavy atom. The molecule has 0 saturated heterocycles. The van der Waals surface area contributed by atoms with Crippen LogP contribution in [0.15, 0.2) is 27.4 Å². The molecule has 0 atom stereocenters. The highest BCUT2D eigenvalue weighted by Crippen LogP contribution is 2.36. The lowest BCUT2D eigenvalue weighted by molar-refractivity contribution is 0.0507. The molecule has 0 spiro atoms. The molecule has 0 saturated carbocycles. The van der Waals surface area contributed by atoms with E-state index in [2.05, 4.69) is 19.9 Å². The van der Waals surface area contributed by atoms with E-state index in [9.17, 15) is 9.59 Å². The molecule has 2 heterocycles. The second-order valence-electron chi connectivity index (χ2n) is 5.88. The molecule has 0 amide bonds. The molecule has 0 radical (unpaired) electrons.